The van der Waals surface area contributed by atoms with Crippen molar-refractivity contribution in [3.63, 3.8) is 0 Å². The van der Waals surface area contributed by atoms with E-state index in [1.54, 1.807) is 29.7 Å². The van der Waals surface area contributed by atoms with Crippen molar-refractivity contribution in [2.24, 2.45) is 0 Å². The molecule has 4 aromatic rings. The number of aryl methyl sites for hydroxylation is 2. The Labute approximate surface area is 163 Å². The van der Waals surface area contributed by atoms with Gasteiger partial charge in [0.05, 0.1) is 23.5 Å². The Kier molecular flexibility index (Phi) is 4.95. The Bertz CT molecular complexity index is 1050. The predicted octanol–water partition coefficient (Wildman–Crippen LogP) is 3.62. The van der Waals surface area contributed by atoms with Crippen molar-refractivity contribution < 1.29 is 9.32 Å². The summed E-state index contributed by atoms with van der Waals surface area (Å²) >= 11 is 3.06. The molecule has 1 N–H and O–H groups in total. The largest absolute Gasteiger partial charge is 0.361 e. The Morgan fingerprint density at radius 2 is 2.30 bits per heavy atom. The van der Waals surface area contributed by atoms with Crippen LogP contribution >= 0.6 is 23.1 Å². The average molecular weight is 400 g/mol. The van der Waals surface area contributed by atoms with Crippen molar-refractivity contribution in [1.29, 1.82) is 0 Å². The normalized spacial score (nSPS) is 11.2. The van der Waals surface area contributed by atoms with Gasteiger partial charge in [0.15, 0.2) is 4.96 Å². The summed E-state index contributed by atoms with van der Waals surface area (Å²) in [4.78, 5) is 22.4. The highest BCUT2D eigenvalue weighted by Crippen LogP contribution is 2.27. The topological polar surface area (TPSA) is 85.3 Å². The summed E-state index contributed by atoms with van der Waals surface area (Å²) < 4.78 is 7.14. The first kappa shape index (κ1) is 17.7. The van der Waals surface area contributed by atoms with E-state index in [9.17, 15) is 4.79 Å². The number of fused-ring (bicyclic) bond motifs is 1. The van der Waals surface area contributed by atoms with Crippen LogP contribution < -0.4 is 5.32 Å². The first-order valence-electron chi connectivity index (χ1n) is 8.30. The van der Waals surface area contributed by atoms with E-state index >= 15 is 0 Å². The number of imidazole rings is 1. The lowest BCUT2D eigenvalue weighted by molar-refractivity contribution is 0.0947. The number of nitrogens with zero attached hydrogens (tertiary/aromatic N) is 4. The summed E-state index contributed by atoms with van der Waals surface area (Å²) in [5.41, 5.74) is 3.27. The van der Waals surface area contributed by atoms with Crippen LogP contribution in [0.3, 0.4) is 0 Å². The van der Waals surface area contributed by atoms with Gasteiger partial charge in [0.25, 0.3) is 5.91 Å². The fourth-order valence-electron chi connectivity index (χ4n) is 2.65. The molecule has 138 valence electrons. The summed E-state index contributed by atoms with van der Waals surface area (Å²) in [6.45, 7) is 4.17. The lowest BCUT2D eigenvalue weighted by Crippen LogP contribution is -2.23. The van der Waals surface area contributed by atoms with Gasteiger partial charge in [-0.2, -0.15) is 0 Å². The van der Waals surface area contributed by atoms with Gasteiger partial charge in [0, 0.05) is 35.3 Å². The lowest BCUT2D eigenvalue weighted by Gasteiger charge is -2.08. The number of thiazole rings is 1. The first-order chi connectivity index (χ1) is 13.1. The molecule has 0 aliphatic heterocycles. The molecule has 4 rings (SSSR count). The summed E-state index contributed by atoms with van der Waals surface area (Å²) in [5, 5.41) is 9.55. The number of nitrogens with one attached hydrogen (secondary N) is 1. The number of aromatic nitrogens is 4. The van der Waals surface area contributed by atoms with E-state index in [1.807, 2.05) is 36.0 Å². The monoisotopic (exact) mass is 399 g/mol. The highest BCUT2D eigenvalue weighted by Gasteiger charge is 2.16. The lowest BCUT2D eigenvalue weighted by atomic mass is 10.2. The second-order valence-corrected chi connectivity index (χ2v) is 7.79. The molecule has 0 saturated heterocycles. The second kappa shape index (κ2) is 7.53. The third kappa shape index (κ3) is 3.74. The molecule has 4 heterocycles. The summed E-state index contributed by atoms with van der Waals surface area (Å²) in [6, 6.07) is 3.55. The predicted molar refractivity (Wildman–Crippen MR) is 104 cm³/mol. The summed E-state index contributed by atoms with van der Waals surface area (Å²) in [5.74, 6) is 1.28. The van der Waals surface area contributed by atoms with Crippen molar-refractivity contribution in [3.8, 4) is 0 Å². The highest BCUT2D eigenvalue weighted by atomic mass is 32.2. The van der Waals surface area contributed by atoms with Gasteiger partial charge >= 0.3 is 0 Å². The van der Waals surface area contributed by atoms with Gasteiger partial charge in [0.1, 0.15) is 10.8 Å². The standard InChI is InChI=1S/C18H17N5O2S2/c1-11-15(12(2)25-22-11)10-27-17-14(4-3-5-19-17)16(24)20-8-13-9-23-6-7-26-18(23)21-13/h3-7,9H,8,10H2,1-2H3,(H,20,24). The second-order valence-electron chi connectivity index (χ2n) is 5.96. The van der Waals surface area contributed by atoms with E-state index in [-0.39, 0.29) is 5.91 Å². The van der Waals surface area contributed by atoms with Crippen molar-refractivity contribution in [1.82, 2.24) is 24.8 Å². The molecule has 4 aromatic heterocycles. The number of carbonyl (C=O) groups is 1. The van der Waals surface area contributed by atoms with Gasteiger partial charge in [0.2, 0.25) is 0 Å². The number of hydrogen-bond acceptors (Lipinski definition) is 7. The van der Waals surface area contributed by atoms with E-state index in [2.05, 4.69) is 20.4 Å². The fourth-order valence-corrected chi connectivity index (χ4v) is 4.52. The van der Waals surface area contributed by atoms with Crippen molar-refractivity contribution in [3.05, 3.63) is 64.4 Å². The third-order valence-electron chi connectivity index (χ3n) is 4.12. The molecule has 0 radical (unpaired) electrons. The van der Waals surface area contributed by atoms with Gasteiger partial charge in [-0.1, -0.05) is 5.16 Å². The van der Waals surface area contributed by atoms with E-state index in [1.165, 1.54) is 11.8 Å². The van der Waals surface area contributed by atoms with Crippen LogP contribution in [0.2, 0.25) is 0 Å². The van der Waals surface area contributed by atoms with Crippen LogP contribution in [-0.4, -0.2) is 25.4 Å². The SMILES string of the molecule is Cc1noc(C)c1CSc1ncccc1C(=O)NCc1cn2ccsc2n1. The van der Waals surface area contributed by atoms with Gasteiger partial charge in [-0.3, -0.25) is 9.20 Å². The molecule has 27 heavy (non-hydrogen) atoms. The number of amides is 1. The Morgan fingerprint density at radius 3 is 3.07 bits per heavy atom. The number of hydrogen-bond donors (Lipinski definition) is 1. The maximum Gasteiger partial charge on any atom is 0.254 e. The molecule has 7 nitrogen and oxygen atoms in total. The minimum absolute atomic E-state index is 0.166. The van der Waals surface area contributed by atoms with Crippen LogP contribution in [0.25, 0.3) is 4.96 Å². The smallest absolute Gasteiger partial charge is 0.254 e. The van der Waals surface area contributed by atoms with Crippen molar-refractivity contribution in [2.45, 2.75) is 31.2 Å². The van der Waals surface area contributed by atoms with Crippen molar-refractivity contribution in [2.75, 3.05) is 0 Å². The van der Waals surface area contributed by atoms with Crippen LogP contribution in [0.1, 0.15) is 33.1 Å². The summed E-state index contributed by atoms with van der Waals surface area (Å²) in [6.07, 6.45) is 5.56. The van der Waals surface area contributed by atoms with Crippen LogP contribution in [0.15, 0.2) is 45.7 Å². The third-order valence-corrected chi connectivity index (χ3v) is 5.93. The Morgan fingerprint density at radius 1 is 1.41 bits per heavy atom. The molecule has 0 bridgehead atoms. The van der Waals surface area contributed by atoms with Gasteiger partial charge in [-0.25, -0.2) is 9.97 Å². The van der Waals surface area contributed by atoms with E-state index in [4.69, 9.17) is 4.52 Å². The number of rotatable bonds is 6. The average Bonchev–Trinajstić information content (AvgIpc) is 3.34. The number of carbonyl (C=O) groups excluding carboxylic acids is 1. The minimum atomic E-state index is -0.166. The maximum absolute atomic E-state index is 12.7. The summed E-state index contributed by atoms with van der Waals surface area (Å²) in [7, 11) is 0. The van der Waals surface area contributed by atoms with Crippen LogP contribution in [0.5, 0.6) is 0 Å². The van der Waals surface area contributed by atoms with Gasteiger partial charge in [-0.15, -0.1) is 23.1 Å². The van der Waals surface area contributed by atoms with Crippen LogP contribution in [-0.2, 0) is 12.3 Å². The highest BCUT2D eigenvalue weighted by molar-refractivity contribution is 7.98. The molecule has 9 heteroatoms. The minimum Gasteiger partial charge on any atom is -0.361 e. The molecule has 1 amide bonds. The first-order valence-corrected chi connectivity index (χ1v) is 10.2. The number of thioether (sulfide) groups is 1. The maximum atomic E-state index is 12.7. The molecule has 0 saturated carbocycles. The molecule has 0 aliphatic carbocycles. The van der Waals surface area contributed by atoms with Crippen molar-refractivity contribution >= 4 is 34.0 Å². The molecular weight excluding hydrogens is 382 g/mol. The molecule has 0 aliphatic rings. The van der Waals surface area contributed by atoms with Crippen LogP contribution in [0.4, 0.5) is 0 Å². The molecule has 0 atom stereocenters. The van der Waals surface area contributed by atoms with E-state index < -0.39 is 0 Å². The fraction of sp³-hybridized carbons (Fsp3) is 0.222. The molecule has 0 aromatic carbocycles. The number of pyridine rings is 1. The molecule has 0 unspecified atom stereocenters. The van der Waals surface area contributed by atoms with E-state index in [0.29, 0.717) is 22.9 Å². The Hall–Kier alpha value is -2.65. The van der Waals surface area contributed by atoms with Crippen LogP contribution in [0, 0.1) is 13.8 Å². The zero-order valence-electron chi connectivity index (χ0n) is 14.8. The molecule has 0 fully saturated rings. The quantitative estimate of drug-likeness (QED) is 0.499. The van der Waals surface area contributed by atoms with E-state index in [0.717, 1.165) is 27.7 Å². The Balaban J connectivity index is 1.44. The molecule has 0 spiro atoms. The van der Waals surface area contributed by atoms with Gasteiger partial charge < -0.3 is 9.84 Å². The zero-order valence-corrected chi connectivity index (χ0v) is 16.4. The van der Waals surface area contributed by atoms with Gasteiger partial charge in [-0.05, 0) is 26.0 Å². The molecular formula is C18H17N5O2S2. The zero-order chi connectivity index (χ0) is 18.8.